The highest BCUT2D eigenvalue weighted by Gasteiger charge is 2.18. The molecule has 0 radical (unpaired) electrons. The molecule has 1 N–H and O–H groups in total. The van der Waals surface area contributed by atoms with Crippen LogP contribution in [0.5, 0.6) is 0 Å². The summed E-state index contributed by atoms with van der Waals surface area (Å²) in [5, 5.41) is 4.77. The Balaban J connectivity index is 1.12. The monoisotopic (exact) mass is 565 g/mol. The lowest BCUT2D eigenvalue weighted by Gasteiger charge is -2.36. The third kappa shape index (κ3) is 6.80. The molecule has 0 spiro atoms. The second-order valence-electron chi connectivity index (χ2n) is 9.08. The summed E-state index contributed by atoms with van der Waals surface area (Å²) in [5.74, 6) is 0.930. The Kier molecular flexibility index (Phi) is 8.40. The molecule has 5 nitrogen and oxygen atoms in total. The number of anilines is 2. The van der Waals surface area contributed by atoms with Crippen LogP contribution in [0.25, 0.3) is 17.4 Å². The largest absolute Gasteiger partial charge is 0.457 e. The molecular formula is C30H26Cl3N3O2. The van der Waals surface area contributed by atoms with Gasteiger partial charge in [-0.1, -0.05) is 53.0 Å². The van der Waals surface area contributed by atoms with Crippen molar-refractivity contribution >= 4 is 58.2 Å². The van der Waals surface area contributed by atoms with Crippen molar-refractivity contribution in [3.63, 3.8) is 0 Å². The quantitative estimate of drug-likeness (QED) is 0.231. The smallest absolute Gasteiger partial charge is 0.248 e. The van der Waals surface area contributed by atoms with Gasteiger partial charge in [0.2, 0.25) is 5.91 Å². The molecule has 0 atom stereocenters. The van der Waals surface area contributed by atoms with E-state index in [0.717, 1.165) is 60.2 Å². The van der Waals surface area contributed by atoms with Gasteiger partial charge in [0.05, 0.1) is 0 Å². The van der Waals surface area contributed by atoms with E-state index in [1.165, 1.54) is 6.08 Å². The lowest BCUT2D eigenvalue weighted by Crippen LogP contribution is -2.46. The van der Waals surface area contributed by atoms with Gasteiger partial charge in [0.25, 0.3) is 0 Å². The first-order chi connectivity index (χ1) is 18.4. The van der Waals surface area contributed by atoms with E-state index in [1.807, 2.05) is 48.5 Å². The fourth-order valence-corrected chi connectivity index (χ4v) is 5.14. The first-order valence-electron chi connectivity index (χ1n) is 12.3. The number of nitrogens with one attached hydrogen (secondary N) is 1. The van der Waals surface area contributed by atoms with Crippen LogP contribution in [0.2, 0.25) is 15.1 Å². The molecule has 3 aromatic carbocycles. The van der Waals surface area contributed by atoms with Crippen molar-refractivity contribution in [3.8, 4) is 11.3 Å². The van der Waals surface area contributed by atoms with Crippen LogP contribution in [-0.4, -0.2) is 37.0 Å². The van der Waals surface area contributed by atoms with Gasteiger partial charge in [-0.15, -0.1) is 0 Å². The summed E-state index contributed by atoms with van der Waals surface area (Å²) in [6, 6.07) is 24.7. The highest BCUT2D eigenvalue weighted by Crippen LogP contribution is 2.29. The molecule has 2 heterocycles. The molecule has 1 aliphatic heterocycles. The predicted molar refractivity (Wildman–Crippen MR) is 157 cm³/mol. The fraction of sp³-hybridized carbons (Fsp3) is 0.167. The van der Waals surface area contributed by atoms with Crippen molar-refractivity contribution < 1.29 is 9.21 Å². The number of amides is 1. The number of hydrogen-bond acceptors (Lipinski definition) is 4. The molecule has 0 bridgehead atoms. The van der Waals surface area contributed by atoms with E-state index in [1.54, 1.807) is 30.3 Å². The van der Waals surface area contributed by atoms with Crippen molar-refractivity contribution in [2.45, 2.75) is 6.54 Å². The molecule has 1 saturated heterocycles. The van der Waals surface area contributed by atoms with Gasteiger partial charge < -0.3 is 14.6 Å². The van der Waals surface area contributed by atoms with E-state index in [0.29, 0.717) is 21.6 Å². The van der Waals surface area contributed by atoms with E-state index in [4.69, 9.17) is 39.2 Å². The van der Waals surface area contributed by atoms with Gasteiger partial charge in [-0.3, -0.25) is 9.69 Å². The van der Waals surface area contributed by atoms with E-state index in [-0.39, 0.29) is 5.91 Å². The Hall–Kier alpha value is -3.22. The molecule has 1 aromatic heterocycles. The van der Waals surface area contributed by atoms with Crippen molar-refractivity contribution in [2.75, 3.05) is 36.4 Å². The zero-order chi connectivity index (χ0) is 26.5. The number of halogens is 3. The van der Waals surface area contributed by atoms with Gasteiger partial charge in [-0.05, 0) is 72.3 Å². The topological polar surface area (TPSA) is 48.7 Å². The van der Waals surface area contributed by atoms with Gasteiger partial charge >= 0.3 is 0 Å². The minimum absolute atomic E-state index is 0.241. The lowest BCUT2D eigenvalue weighted by molar-refractivity contribution is -0.111. The Labute approximate surface area is 237 Å². The maximum absolute atomic E-state index is 12.4. The number of carbonyl (C=O) groups is 1. The van der Waals surface area contributed by atoms with Crippen LogP contribution in [0.1, 0.15) is 11.3 Å². The van der Waals surface area contributed by atoms with Gasteiger partial charge in [0.15, 0.2) is 0 Å². The summed E-state index contributed by atoms with van der Waals surface area (Å²) in [4.78, 5) is 17.2. The first kappa shape index (κ1) is 26.4. The van der Waals surface area contributed by atoms with Crippen molar-refractivity contribution in [1.82, 2.24) is 4.90 Å². The average molecular weight is 567 g/mol. The maximum atomic E-state index is 12.4. The zero-order valence-corrected chi connectivity index (χ0v) is 22.8. The van der Waals surface area contributed by atoms with Crippen LogP contribution < -0.4 is 10.2 Å². The molecule has 0 aliphatic carbocycles. The molecule has 8 heteroatoms. The molecule has 1 aliphatic rings. The first-order valence-corrected chi connectivity index (χ1v) is 13.4. The van der Waals surface area contributed by atoms with Gasteiger partial charge in [0, 0.05) is 70.8 Å². The molecule has 5 rings (SSSR count). The summed E-state index contributed by atoms with van der Waals surface area (Å²) in [6.07, 6.45) is 3.07. The number of hydrogen-bond donors (Lipinski definition) is 1. The standard InChI is InChI=1S/C30H26Cl3N3O2/c31-23-17-22(18-24(32)19-23)29-11-9-27(38-29)10-12-30(37)34-25-5-7-26(8-6-25)36-15-13-35(14-16-36)20-21-3-1-2-4-28(21)33/h1-12,17-19H,13-16,20H2,(H,34,37)/b12-10+. The average Bonchev–Trinajstić information content (AvgIpc) is 3.39. The van der Waals surface area contributed by atoms with Gasteiger partial charge in [-0.25, -0.2) is 0 Å². The molecule has 4 aromatic rings. The van der Waals surface area contributed by atoms with Crippen molar-refractivity contribution in [2.24, 2.45) is 0 Å². The van der Waals surface area contributed by atoms with Crippen LogP contribution in [0.3, 0.4) is 0 Å². The second kappa shape index (κ2) is 12.1. The Morgan fingerprint density at radius 1 is 0.868 bits per heavy atom. The van der Waals surface area contributed by atoms with E-state index in [9.17, 15) is 4.79 Å². The summed E-state index contributed by atoms with van der Waals surface area (Å²) >= 11 is 18.5. The molecule has 1 amide bonds. The Morgan fingerprint density at radius 2 is 1.58 bits per heavy atom. The normalized spacial score (nSPS) is 14.2. The number of furan rings is 1. The molecule has 1 fully saturated rings. The summed E-state index contributed by atoms with van der Waals surface area (Å²) in [7, 11) is 0. The van der Waals surface area contributed by atoms with Crippen molar-refractivity contribution in [1.29, 1.82) is 0 Å². The number of benzene rings is 3. The number of carbonyl (C=O) groups excluding carboxylic acids is 1. The Morgan fingerprint density at radius 3 is 2.29 bits per heavy atom. The predicted octanol–water partition coefficient (Wildman–Crippen LogP) is 7.88. The summed E-state index contributed by atoms with van der Waals surface area (Å²) in [6.45, 7) is 4.66. The van der Waals surface area contributed by atoms with Crippen LogP contribution in [0.4, 0.5) is 11.4 Å². The molecular weight excluding hydrogens is 541 g/mol. The minimum atomic E-state index is -0.241. The Bertz CT molecular complexity index is 1420. The summed E-state index contributed by atoms with van der Waals surface area (Å²) < 4.78 is 5.81. The molecule has 194 valence electrons. The van der Waals surface area contributed by atoms with Crippen LogP contribution in [0.15, 0.2) is 89.4 Å². The van der Waals surface area contributed by atoms with Gasteiger partial charge in [-0.2, -0.15) is 0 Å². The molecule has 0 saturated carbocycles. The van der Waals surface area contributed by atoms with Gasteiger partial charge in [0.1, 0.15) is 11.5 Å². The SMILES string of the molecule is O=C(/C=C/c1ccc(-c2cc(Cl)cc(Cl)c2)o1)Nc1ccc(N2CCN(Cc3ccccc3Cl)CC2)cc1. The number of nitrogens with zero attached hydrogens (tertiary/aromatic N) is 2. The van der Waals surface area contributed by atoms with Crippen LogP contribution in [-0.2, 0) is 11.3 Å². The highest BCUT2D eigenvalue weighted by atomic mass is 35.5. The zero-order valence-electron chi connectivity index (χ0n) is 20.5. The third-order valence-corrected chi connectivity index (χ3v) is 7.20. The summed E-state index contributed by atoms with van der Waals surface area (Å²) in [5.41, 5.74) is 3.80. The molecule has 38 heavy (non-hydrogen) atoms. The number of piperazine rings is 1. The van der Waals surface area contributed by atoms with E-state index < -0.39 is 0 Å². The molecule has 0 unspecified atom stereocenters. The van der Waals surface area contributed by atoms with Crippen LogP contribution in [0, 0.1) is 0 Å². The third-order valence-electron chi connectivity index (χ3n) is 6.40. The van der Waals surface area contributed by atoms with E-state index in [2.05, 4.69) is 21.2 Å². The number of rotatable bonds is 7. The lowest BCUT2D eigenvalue weighted by atomic mass is 10.2. The minimum Gasteiger partial charge on any atom is -0.457 e. The fourth-order valence-electron chi connectivity index (χ4n) is 4.42. The van der Waals surface area contributed by atoms with Crippen molar-refractivity contribution in [3.05, 3.63) is 111 Å². The second-order valence-corrected chi connectivity index (χ2v) is 10.4. The maximum Gasteiger partial charge on any atom is 0.248 e. The van der Waals surface area contributed by atoms with E-state index >= 15 is 0 Å². The van der Waals surface area contributed by atoms with Crippen LogP contribution >= 0.6 is 34.8 Å². The highest BCUT2D eigenvalue weighted by molar-refractivity contribution is 6.35.